The quantitative estimate of drug-likeness (QED) is 0.103. The maximum atomic E-state index is 14.0. The summed E-state index contributed by atoms with van der Waals surface area (Å²) < 4.78 is 39.5. The molecule has 0 bridgehead atoms. The van der Waals surface area contributed by atoms with Gasteiger partial charge >= 0.3 is 88.4 Å². The van der Waals surface area contributed by atoms with Crippen LogP contribution in [0.3, 0.4) is 0 Å². The molecule has 4 aromatic rings. The van der Waals surface area contributed by atoms with Gasteiger partial charge in [0.25, 0.3) is 5.91 Å². The molecular weight excluding hydrogens is 546 g/mol. The summed E-state index contributed by atoms with van der Waals surface area (Å²) in [6, 6.07) is 20.6. The van der Waals surface area contributed by atoms with Crippen molar-refractivity contribution in [3.8, 4) is 5.69 Å². The molecule has 37 heavy (non-hydrogen) atoms. The fourth-order valence-electron chi connectivity index (χ4n) is 3.15. The second-order valence-electron chi connectivity index (χ2n) is 7.63. The number of nitrogen functional groups attached to an aromatic ring is 1. The smallest absolute Gasteiger partial charge is 0.255 e. The van der Waals surface area contributed by atoms with Crippen LogP contribution in [-0.2, 0) is 12.4 Å². The molecule has 3 aromatic carbocycles. The van der Waals surface area contributed by atoms with Crippen LogP contribution in [0.25, 0.3) is 5.69 Å². The van der Waals surface area contributed by atoms with Gasteiger partial charge in [-0.1, -0.05) is 18.2 Å². The minimum atomic E-state index is -4.76. The van der Waals surface area contributed by atoms with Crippen LogP contribution >= 0.6 is 0 Å². The Labute approximate surface area is 214 Å². The van der Waals surface area contributed by atoms with Gasteiger partial charge in [0.1, 0.15) is 5.82 Å². The molecule has 0 aliphatic carbocycles. The van der Waals surface area contributed by atoms with Crippen LogP contribution in [0.5, 0.6) is 0 Å². The average Bonchev–Trinajstić information content (AvgIpc) is 3.41. The first kappa shape index (κ1) is 27.4. The second-order valence-corrected chi connectivity index (χ2v) is 11.2. The average molecular weight is 570 g/mol. The van der Waals surface area contributed by atoms with E-state index in [-0.39, 0.29) is 21.9 Å². The van der Waals surface area contributed by atoms with E-state index in [2.05, 4.69) is 14.5 Å². The molecule has 0 aliphatic rings. The summed E-state index contributed by atoms with van der Waals surface area (Å²) in [6.45, 7) is 1.35. The third-order valence-electron chi connectivity index (χ3n) is 4.91. The number of rotatable bonds is 6. The van der Waals surface area contributed by atoms with Crippen molar-refractivity contribution in [1.29, 1.82) is 0 Å². The first-order valence-corrected chi connectivity index (χ1v) is 14.0. The summed E-state index contributed by atoms with van der Waals surface area (Å²) in [5, 5.41) is 13.4. The molecule has 0 saturated carbocycles. The normalized spacial score (nSPS) is 12.0. The topological polar surface area (TPSA) is 156 Å². The number of hydrogen-bond acceptors (Lipinski definition) is 6. The molecule has 192 valence electrons. The van der Waals surface area contributed by atoms with Gasteiger partial charge in [0, 0.05) is 24.0 Å². The van der Waals surface area contributed by atoms with Crippen molar-refractivity contribution in [3.05, 3.63) is 103 Å². The van der Waals surface area contributed by atoms with Crippen molar-refractivity contribution < 1.29 is 30.9 Å². The number of halogens is 1. The van der Waals surface area contributed by atoms with Crippen LogP contribution in [0.15, 0.2) is 91.3 Å². The van der Waals surface area contributed by atoms with Gasteiger partial charge in [-0.3, -0.25) is 4.79 Å². The molecule has 1 unspecified atom stereocenters. The summed E-state index contributed by atoms with van der Waals surface area (Å²) in [6.07, 6.45) is 3.44. The molecule has 1 aromatic heterocycles. The molecule has 0 fully saturated rings. The summed E-state index contributed by atoms with van der Waals surface area (Å²) in [7, 11) is 0. The fraction of sp³-hybridized carbons (Fsp3) is 0.0400. The standard InChI is InChI=1S/C17H14FN3O.C8H10AsNO5/c18-13-10-14(19)15(11-16(13)21-8-4-5-9-21)20-17(22)12-6-2-1-3-7-12;1-6(11)10-8-4-2-7(3-5-8)9(12,13)15-14/h1-11H,19H2,(H,20,22);2-5,14H,1H3,(H,10,11)(H,12,13). The van der Waals surface area contributed by atoms with Gasteiger partial charge in [-0.15, -0.1) is 0 Å². The van der Waals surface area contributed by atoms with Crippen molar-refractivity contribution in [2.45, 2.75) is 6.92 Å². The number of benzene rings is 3. The first-order valence-electron chi connectivity index (χ1n) is 10.7. The predicted octanol–water partition coefficient (Wildman–Crippen LogP) is 3.15. The molecule has 2 amide bonds. The number of nitrogens with zero attached hydrogens (tertiary/aromatic N) is 1. The molecule has 6 N–H and O–H groups in total. The minimum Gasteiger partial charge on any atom is -0.397 e. The molecule has 0 radical (unpaired) electrons. The second kappa shape index (κ2) is 12.2. The Morgan fingerprint density at radius 1 is 0.973 bits per heavy atom. The van der Waals surface area contributed by atoms with Crippen LogP contribution < -0.4 is 20.7 Å². The van der Waals surface area contributed by atoms with E-state index in [1.807, 2.05) is 6.07 Å². The SMILES string of the molecule is CC(=O)Nc1ccc([As](=O)(O)OO)cc1.Nc1cc(F)c(-n2cccc2)cc1NC(=O)c1ccccc1. The van der Waals surface area contributed by atoms with E-state index in [4.69, 9.17) is 15.1 Å². The molecule has 1 atom stereocenters. The van der Waals surface area contributed by atoms with Crippen LogP contribution in [0.1, 0.15) is 17.3 Å². The van der Waals surface area contributed by atoms with Crippen molar-refractivity contribution >= 4 is 47.4 Å². The fourth-order valence-corrected chi connectivity index (χ4v) is 4.45. The van der Waals surface area contributed by atoms with Gasteiger partial charge in [-0.25, -0.2) is 4.39 Å². The summed E-state index contributed by atoms with van der Waals surface area (Å²) in [5.74, 6) is -0.984. The van der Waals surface area contributed by atoms with E-state index in [0.717, 1.165) is 0 Å². The van der Waals surface area contributed by atoms with Crippen LogP contribution in [-0.4, -0.2) is 39.9 Å². The maximum Gasteiger partial charge on any atom is 0.255 e. The van der Waals surface area contributed by atoms with E-state index in [1.165, 1.54) is 43.3 Å². The van der Waals surface area contributed by atoms with Gasteiger partial charge in [0.15, 0.2) is 0 Å². The Morgan fingerprint density at radius 3 is 2.16 bits per heavy atom. The summed E-state index contributed by atoms with van der Waals surface area (Å²) in [4.78, 5) is 22.9. The van der Waals surface area contributed by atoms with Gasteiger partial charge in [0.2, 0.25) is 0 Å². The van der Waals surface area contributed by atoms with Crippen molar-refractivity contribution in [2.75, 3.05) is 16.4 Å². The summed E-state index contributed by atoms with van der Waals surface area (Å²) >= 11 is -4.76. The zero-order valence-corrected chi connectivity index (χ0v) is 21.4. The number of amides is 2. The number of aromatic nitrogens is 1. The number of carbonyl (C=O) groups excluding carboxylic acids is 2. The molecular formula is C25H24AsFN4O6. The number of hydrogen-bond donors (Lipinski definition) is 5. The Bertz CT molecular complexity index is 1410. The predicted molar refractivity (Wildman–Crippen MR) is 137 cm³/mol. The molecule has 0 spiro atoms. The van der Waals surface area contributed by atoms with Crippen molar-refractivity contribution in [3.63, 3.8) is 0 Å². The number of nitrogens with two attached hydrogens (primary N) is 1. The molecule has 0 aliphatic heterocycles. The molecule has 1 heterocycles. The van der Waals surface area contributed by atoms with Gasteiger partial charge in [-0.05, 0) is 30.3 Å². The molecule has 12 heteroatoms. The van der Waals surface area contributed by atoms with E-state index in [0.29, 0.717) is 22.6 Å². The maximum absolute atomic E-state index is 14.0. The first-order chi connectivity index (χ1) is 17.6. The number of carbonyl (C=O) groups is 2. The molecule has 4 rings (SSSR count). The Hall–Kier alpha value is -4.15. The van der Waals surface area contributed by atoms with E-state index < -0.39 is 20.0 Å². The van der Waals surface area contributed by atoms with Gasteiger partial charge in [0.05, 0.1) is 17.1 Å². The minimum absolute atomic E-state index is 0.00438. The van der Waals surface area contributed by atoms with Gasteiger partial charge in [-0.2, -0.15) is 0 Å². The van der Waals surface area contributed by atoms with Crippen molar-refractivity contribution in [1.82, 2.24) is 4.57 Å². The van der Waals surface area contributed by atoms with Crippen LogP contribution in [0.2, 0.25) is 0 Å². The Morgan fingerprint density at radius 2 is 1.59 bits per heavy atom. The largest absolute Gasteiger partial charge is 0.397 e. The van der Waals surface area contributed by atoms with Gasteiger partial charge < -0.3 is 15.6 Å². The van der Waals surface area contributed by atoms with Crippen molar-refractivity contribution in [2.24, 2.45) is 0 Å². The van der Waals surface area contributed by atoms with E-state index in [1.54, 1.807) is 53.4 Å². The zero-order valence-electron chi connectivity index (χ0n) is 19.5. The Kier molecular flexibility index (Phi) is 9.04. The number of anilines is 3. The van der Waals surface area contributed by atoms with E-state index in [9.17, 15) is 17.7 Å². The monoisotopic (exact) mass is 570 g/mol. The zero-order chi connectivity index (χ0) is 27.0. The molecule has 10 nitrogen and oxygen atoms in total. The Balaban J connectivity index is 0.000000222. The molecule has 0 saturated heterocycles. The van der Waals surface area contributed by atoms with E-state index >= 15 is 0 Å². The van der Waals surface area contributed by atoms with Crippen LogP contribution in [0, 0.1) is 5.82 Å². The summed E-state index contributed by atoms with van der Waals surface area (Å²) in [5.41, 5.74) is 7.69. The number of nitrogens with one attached hydrogen (secondary N) is 2. The third-order valence-corrected chi connectivity index (χ3v) is 7.37. The third kappa shape index (κ3) is 7.42. The van der Waals surface area contributed by atoms with Crippen LogP contribution in [0.4, 0.5) is 21.5 Å².